The number of carbonyl (C=O) groups excluding carboxylic acids is 1. The van der Waals surface area contributed by atoms with E-state index in [2.05, 4.69) is 5.32 Å². The molecule has 2 rings (SSSR count). The molecule has 0 heterocycles. The van der Waals surface area contributed by atoms with Gasteiger partial charge in [0, 0.05) is 6.04 Å². The fourth-order valence-corrected chi connectivity index (χ4v) is 2.38. The van der Waals surface area contributed by atoms with E-state index in [-0.39, 0.29) is 11.9 Å². The van der Waals surface area contributed by atoms with E-state index in [4.69, 9.17) is 5.73 Å². The van der Waals surface area contributed by atoms with Crippen molar-refractivity contribution >= 4 is 5.91 Å². The van der Waals surface area contributed by atoms with Crippen molar-refractivity contribution in [3.63, 3.8) is 0 Å². The van der Waals surface area contributed by atoms with Gasteiger partial charge in [-0.2, -0.15) is 13.2 Å². The summed E-state index contributed by atoms with van der Waals surface area (Å²) in [7, 11) is 0. The fraction of sp³-hybridized carbons (Fsp3) is 0.278. The van der Waals surface area contributed by atoms with E-state index in [1.807, 2.05) is 6.07 Å². The van der Waals surface area contributed by atoms with Crippen LogP contribution in [0.25, 0.3) is 0 Å². The van der Waals surface area contributed by atoms with Gasteiger partial charge in [-0.1, -0.05) is 42.5 Å². The van der Waals surface area contributed by atoms with Gasteiger partial charge in [-0.05, 0) is 36.6 Å². The zero-order chi connectivity index (χ0) is 17.7. The van der Waals surface area contributed by atoms with Gasteiger partial charge >= 0.3 is 6.18 Å². The first-order valence-corrected chi connectivity index (χ1v) is 7.54. The number of rotatable bonds is 5. The Morgan fingerprint density at radius 3 is 2.21 bits per heavy atom. The summed E-state index contributed by atoms with van der Waals surface area (Å²) >= 11 is 0. The lowest BCUT2D eigenvalue weighted by Crippen LogP contribution is -2.40. The molecule has 24 heavy (non-hydrogen) atoms. The molecule has 2 aromatic rings. The first-order chi connectivity index (χ1) is 11.3. The normalized spacial score (nSPS) is 14.0. The van der Waals surface area contributed by atoms with Crippen LogP contribution in [-0.2, 0) is 17.4 Å². The molecule has 0 bridgehead atoms. The average Bonchev–Trinajstić information content (AvgIpc) is 2.54. The highest BCUT2D eigenvalue weighted by molar-refractivity contribution is 5.83. The lowest BCUT2D eigenvalue weighted by Gasteiger charge is -2.18. The lowest BCUT2D eigenvalue weighted by atomic mass is 10.0. The Kier molecular flexibility index (Phi) is 5.62. The molecule has 2 unspecified atom stereocenters. The third-order valence-electron chi connectivity index (χ3n) is 3.65. The first kappa shape index (κ1) is 18.0. The summed E-state index contributed by atoms with van der Waals surface area (Å²) in [6.07, 6.45) is -3.92. The molecule has 128 valence electrons. The molecular weight excluding hydrogens is 317 g/mol. The molecule has 0 aliphatic heterocycles. The standard InChI is InChI=1S/C18H19F3N2O/c1-12(11-13-7-9-15(10-8-13)18(19,20)21)23-17(24)16(22)14-5-3-2-4-6-14/h2-10,12,16H,11,22H2,1H3,(H,23,24). The van der Waals surface area contributed by atoms with Crippen molar-refractivity contribution in [2.75, 3.05) is 0 Å². The Morgan fingerprint density at radius 1 is 1.08 bits per heavy atom. The van der Waals surface area contributed by atoms with Gasteiger partial charge in [0.05, 0.1) is 5.56 Å². The minimum absolute atomic E-state index is 0.246. The van der Waals surface area contributed by atoms with Crippen LogP contribution in [0.2, 0.25) is 0 Å². The molecule has 6 heteroatoms. The topological polar surface area (TPSA) is 55.1 Å². The van der Waals surface area contributed by atoms with E-state index in [9.17, 15) is 18.0 Å². The van der Waals surface area contributed by atoms with Gasteiger partial charge in [0.1, 0.15) is 6.04 Å². The molecule has 0 aromatic heterocycles. The van der Waals surface area contributed by atoms with Crippen molar-refractivity contribution < 1.29 is 18.0 Å². The highest BCUT2D eigenvalue weighted by atomic mass is 19.4. The Morgan fingerprint density at radius 2 is 1.67 bits per heavy atom. The highest BCUT2D eigenvalue weighted by Gasteiger charge is 2.30. The average molecular weight is 336 g/mol. The Bertz CT molecular complexity index is 669. The number of benzene rings is 2. The summed E-state index contributed by atoms with van der Waals surface area (Å²) in [5.41, 5.74) is 6.64. The second-order valence-electron chi connectivity index (χ2n) is 5.70. The van der Waals surface area contributed by atoms with E-state index in [1.165, 1.54) is 12.1 Å². The van der Waals surface area contributed by atoms with Gasteiger partial charge in [-0.25, -0.2) is 0 Å². The van der Waals surface area contributed by atoms with Crippen LogP contribution in [0.3, 0.4) is 0 Å². The lowest BCUT2D eigenvalue weighted by molar-refractivity contribution is -0.137. The summed E-state index contributed by atoms with van der Waals surface area (Å²) in [5.74, 6) is -0.319. The molecule has 2 atom stereocenters. The Labute approximate surface area is 138 Å². The van der Waals surface area contributed by atoms with Crippen LogP contribution in [0, 0.1) is 0 Å². The fourth-order valence-electron chi connectivity index (χ4n) is 2.38. The Hall–Kier alpha value is -2.34. The molecule has 0 fully saturated rings. The molecule has 3 N–H and O–H groups in total. The van der Waals surface area contributed by atoms with Crippen molar-refractivity contribution in [3.05, 3.63) is 71.3 Å². The predicted molar refractivity (Wildman–Crippen MR) is 86.1 cm³/mol. The van der Waals surface area contributed by atoms with Crippen molar-refractivity contribution in [1.29, 1.82) is 0 Å². The molecule has 0 aliphatic rings. The van der Waals surface area contributed by atoms with Crippen LogP contribution in [0.1, 0.15) is 29.7 Å². The number of nitrogens with two attached hydrogens (primary N) is 1. The number of nitrogens with one attached hydrogen (secondary N) is 1. The van der Waals surface area contributed by atoms with E-state index < -0.39 is 17.8 Å². The van der Waals surface area contributed by atoms with E-state index >= 15 is 0 Å². The van der Waals surface area contributed by atoms with Crippen LogP contribution in [-0.4, -0.2) is 11.9 Å². The molecular formula is C18H19F3N2O. The maximum Gasteiger partial charge on any atom is 0.416 e. The number of alkyl halides is 3. The van der Waals surface area contributed by atoms with Crippen molar-refractivity contribution in [2.45, 2.75) is 31.6 Å². The molecule has 2 aromatic carbocycles. The van der Waals surface area contributed by atoms with Gasteiger partial charge in [0.15, 0.2) is 0 Å². The number of hydrogen-bond acceptors (Lipinski definition) is 2. The van der Waals surface area contributed by atoms with Gasteiger partial charge in [0.2, 0.25) is 5.91 Å². The van der Waals surface area contributed by atoms with Crippen molar-refractivity contribution in [3.8, 4) is 0 Å². The molecule has 0 radical (unpaired) electrons. The summed E-state index contributed by atoms with van der Waals surface area (Å²) < 4.78 is 37.6. The maximum absolute atomic E-state index is 12.5. The number of hydrogen-bond donors (Lipinski definition) is 2. The van der Waals surface area contributed by atoms with Crippen molar-refractivity contribution in [2.24, 2.45) is 5.73 Å². The summed E-state index contributed by atoms with van der Waals surface area (Å²) in [6, 6.07) is 12.9. The molecule has 0 aliphatic carbocycles. The van der Waals surface area contributed by atoms with E-state index in [0.717, 1.165) is 12.1 Å². The molecule has 1 amide bonds. The van der Waals surface area contributed by atoms with Crippen LogP contribution in [0.15, 0.2) is 54.6 Å². The molecule has 0 saturated carbocycles. The third-order valence-corrected chi connectivity index (χ3v) is 3.65. The molecule has 3 nitrogen and oxygen atoms in total. The van der Waals surface area contributed by atoms with Crippen LogP contribution in [0.4, 0.5) is 13.2 Å². The summed E-state index contributed by atoms with van der Waals surface area (Å²) in [5, 5.41) is 2.79. The minimum Gasteiger partial charge on any atom is -0.352 e. The number of amides is 1. The van der Waals surface area contributed by atoms with E-state index in [1.54, 1.807) is 31.2 Å². The molecule has 0 spiro atoms. The van der Waals surface area contributed by atoms with Gasteiger partial charge in [-0.15, -0.1) is 0 Å². The Balaban J connectivity index is 1.93. The molecule has 0 saturated heterocycles. The monoisotopic (exact) mass is 336 g/mol. The smallest absolute Gasteiger partial charge is 0.352 e. The van der Waals surface area contributed by atoms with Gasteiger partial charge in [-0.3, -0.25) is 4.79 Å². The first-order valence-electron chi connectivity index (χ1n) is 7.54. The zero-order valence-corrected chi connectivity index (χ0v) is 13.2. The predicted octanol–water partition coefficient (Wildman–Crippen LogP) is 3.45. The van der Waals surface area contributed by atoms with Gasteiger partial charge < -0.3 is 11.1 Å². The zero-order valence-electron chi connectivity index (χ0n) is 13.2. The van der Waals surface area contributed by atoms with E-state index in [0.29, 0.717) is 17.5 Å². The second kappa shape index (κ2) is 7.49. The number of carbonyl (C=O) groups is 1. The van der Waals surface area contributed by atoms with Crippen LogP contribution >= 0.6 is 0 Å². The van der Waals surface area contributed by atoms with Crippen molar-refractivity contribution in [1.82, 2.24) is 5.32 Å². The summed E-state index contributed by atoms with van der Waals surface area (Å²) in [6.45, 7) is 1.79. The second-order valence-corrected chi connectivity index (χ2v) is 5.70. The SMILES string of the molecule is CC(Cc1ccc(C(F)(F)F)cc1)NC(=O)C(N)c1ccccc1. The highest BCUT2D eigenvalue weighted by Crippen LogP contribution is 2.29. The maximum atomic E-state index is 12.5. The van der Waals surface area contributed by atoms with Crippen LogP contribution in [0.5, 0.6) is 0 Å². The number of halogens is 3. The van der Waals surface area contributed by atoms with Gasteiger partial charge in [0.25, 0.3) is 0 Å². The largest absolute Gasteiger partial charge is 0.416 e. The quantitative estimate of drug-likeness (QED) is 0.879. The van der Waals surface area contributed by atoms with Crippen LogP contribution < -0.4 is 11.1 Å². The summed E-state index contributed by atoms with van der Waals surface area (Å²) in [4.78, 5) is 12.1. The third kappa shape index (κ3) is 4.83. The minimum atomic E-state index is -4.35.